The Morgan fingerprint density at radius 3 is 2.95 bits per heavy atom. The van der Waals surface area contributed by atoms with Gasteiger partial charge in [-0.15, -0.1) is 0 Å². The maximum absolute atomic E-state index is 9.46. The summed E-state index contributed by atoms with van der Waals surface area (Å²) >= 11 is 5.99. The van der Waals surface area contributed by atoms with Crippen molar-refractivity contribution in [1.29, 1.82) is 0 Å². The van der Waals surface area contributed by atoms with E-state index >= 15 is 0 Å². The molecule has 20 heavy (non-hydrogen) atoms. The van der Waals surface area contributed by atoms with Crippen LogP contribution in [0.1, 0.15) is 25.7 Å². The number of hydrogen-bond acceptors (Lipinski definition) is 5. The summed E-state index contributed by atoms with van der Waals surface area (Å²) in [7, 11) is 0. The van der Waals surface area contributed by atoms with Gasteiger partial charge in [-0.2, -0.15) is 19.6 Å². The molecular formula is C13H18ClN5O. The highest BCUT2D eigenvalue weighted by Crippen LogP contribution is 2.30. The van der Waals surface area contributed by atoms with Gasteiger partial charge in [0.1, 0.15) is 17.3 Å². The van der Waals surface area contributed by atoms with E-state index in [1.54, 1.807) is 10.6 Å². The lowest BCUT2D eigenvalue weighted by atomic mass is 9.79. The van der Waals surface area contributed by atoms with E-state index in [9.17, 15) is 5.11 Å². The van der Waals surface area contributed by atoms with Gasteiger partial charge >= 0.3 is 0 Å². The van der Waals surface area contributed by atoms with E-state index < -0.39 is 0 Å². The first-order chi connectivity index (χ1) is 9.78. The first-order valence-electron chi connectivity index (χ1n) is 6.99. The van der Waals surface area contributed by atoms with Crippen LogP contribution in [0.15, 0.2) is 12.4 Å². The van der Waals surface area contributed by atoms with Gasteiger partial charge in [0.2, 0.25) is 0 Å². The molecule has 2 heterocycles. The fraction of sp³-hybridized carbons (Fsp3) is 0.615. The number of aliphatic hydroxyl groups is 1. The van der Waals surface area contributed by atoms with Gasteiger partial charge in [0, 0.05) is 19.2 Å². The summed E-state index contributed by atoms with van der Waals surface area (Å²) in [6, 6.07) is 1.75. The summed E-state index contributed by atoms with van der Waals surface area (Å²) in [5, 5.41) is 17.4. The number of rotatable bonds is 4. The molecule has 108 valence electrons. The monoisotopic (exact) mass is 295 g/mol. The van der Waals surface area contributed by atoms with E-state index in [-0.39, 0.29) is 6.61 Å². The smallest absolute Gasteiger partial charge is 0.255 e. The zero-order valence-corrected chi connectivity index (χ0v) is 11.9. The molecule has 2 unspecified atom stereocenters. The van der Waals surface area contributed by atoms with Gasteiger partial charge in [-0.05, 0) is 24.7 Å². The number of nitrogens with zero attached hydrogens (tertiary/aromatic N) is 4. The second-order valence-corrected chi connectivity index (χ2v) is 5.69. The molecule has 0 spiro atoms. The quantitative estimate of drug-likeness (QED) is 0.844. The molecule has 1 saturated carbocycles. The fourth-order valence-electron chi connectivity index (χ4n) is 2.94. The average Bonchev–Trinajstić information content (AvgIpc) is 2.93. The van der Waals surface area contributed by atoms with Gasteiger partial charge in [0.15, 0.2) is 0 Å². The van der Waals surface area contributed by atoms with Crippen molar-refractivity contribution in [3.8, 4) is 0 Å². The van der Waals surface area contributed by atoms with Gasteiger partial charge in [-0.3, -0.25) is 0 Å². The number of aromatic nitrogens is 4. The number of fused-ring (bicyclic) bond motifs is 1. The maximum atomic E-state index is 9.46. The molecule has 0 saturated heterocycles. The number of halogens is 1. The van der Waals surface area contributed by atoms with Crippen molar-refractivity contribution in [2.45, 2.75) is 25.7 Å². The van der Waals surface area contributed by atoms with Crippen molar-refractivity contribution in [1.82, 2.24) is 19.6 Å². The molecule has 1 aliphatic rings. The largest absolute Gasteiger partial charge is 0.396 e. The predicted octanol–water partition coefficient (Wildman–Crippen LogP) is 1.99. The third-order valence-electron chi connectivity index (χ3n) is 4.07. The molecular weight excluding hydrogens is 278 g/mol. The molecule has 0 aromatic carbocycles. The lowest BCUT2D eigenvalue weighted by Crippen LogP contribution is -2.29. The maximum Gasteiger partial charge on any atom is 0.255 e. The lowest BCUT2D eigenvalue weighted by molar-refractivity contribution is 0.141. The minimum atomic E-state index is 0.266. The summed E-state index contributed by atoms with van der Waals surface area (Å²) in [5.74, 6) is 2.15. The Hall–Kier alpha value is -1.40. The zero-order valence-electron chi connectivity index (χ0n) is 11.2. The summed E-state index contributed by atoms with van der Waals surface area (Å²) in [4.78, 5) is 8.14. The Morgan fingerprint density at radius 1 is 1.35 bits per heavy atom. The molecule has 2 N–H and O–H groups in total. The standard InChI is InChI=1S/C13H18ClN5O/c14-11-5-12(19-13(18-11)16-8-17-19)15-6-9-3-1-2-4-10(9)7-20/h5,8-10,15,20H,1-4,6-7H2. The molecule has 0 amide bonds. The summed E-state index contributed by atoms with van der Waals surface area (Å²) in [6.45, 7) is 1.07. The Morgan fingerprint density at radius 2 is 2.15 bits per heavy atom. The van der Waals surface area contributed by atoms with Crippen molar-refractivity contribution in [3.05, 3.63) is 17.5 Å². The second kappa shape index (κ2) is 5.93. The topological polar surface area (TPSA) is 75.3 Å². The van der Waals surface area contributed by atoms with Crippen molar-refractivity contribution in [2.75, 3.05) is 18.5 Å². The van der Waals surface area contributed by atoms with Crippen LogP contribution in [0.2, 0.25) is 5.15 Å². The van der Waals surface area contributed by atoms with Crippen LogP contribution in [-0.2, 0) is 0 Å². The van der Waals surface area contributed by atoms with Gasteiger partial charge < -0.3 is 10.4 Å². The molecule has 0 bridgehead atoms. The van der Waals surface area contributed by atoms with E-state index in [0.717, 1.165) is 25.2 Å². The number of nitrogens with one attached hydrogen (secondary N) is 1. The molecule has 0 radical (unpaired) electrons. The molecule has 2 atom stereocenters. The lowest BCUT2D eigenvalue weighted by Gasteiger charge is -2.30. The van der Waals surface area contributed by atoms with Gasteiger partial charge in [0.05, 0.1) is 0 Å². The molecule has 3 rings (SSSR count). The molecule has 0 aliphatic heterocycles. The Balaban J connectivity index is 1.74. The van der Waals surface area contributed by atoms with Crippen LogP contribution in [0.3, 0.4) is 0 Å². The summed E-state index contributed by atoms with van der Waals surface area (Å²) in [6.07, 6.45) is 6.17. The molecule has 7 heteroatoms. The van der Waals surface area contributed by atoms with Crippen molar-refractivity contribution in [2.24, 2.45) is 11.8 Å². The molecule has 2 aromatic rings. The highest BCUT2D eigenvalue weighted by atomic mass is 35.5. The summed E-state index contributed by atoms with van der Waals surface area (Å²) in [5.41, 5.74) is 0. The fourth-order valence-corrected chi connectivity index (χ4v) is 3.12. The first-order valence-corrected chi connectivity index (χ1v) is 7.36. The minimum absolute atomic E-state index is 0.266. The van der Waals surface area contributed by atoms with Crippen LogP contribution in [-0.4, -0.2) is 37.8 Å². The normalized spacial score (nSPS) is 23.1. The minimum Gasteiger partial charge on any atom is -0.396 e. The molecule has 1 fully saturated rings. The Kier molecular flexibility index (Phi) is 4.03. The molecule has 1 aliphatic carbocycles. The third-order valence-corrected chi connectivity index (χ3v) is 4.26. The Bertz CT molecular complexity index is 587. The van der Waals surface area contributed by atoms with E-state index in [2.05, 4.69) is 20.4 Å². The van der Waals surface area contributed by atoms with Crippen LogP contribution in [0, 0.1) is 11.8 Å². The van der Waals surface area contributed by atoms with E-state index in [1.165, 1.54) is 19.2 Å². The third kappa shape index (κ3) is 2.71. The van der Waals surface area contributed by atoms with E-state index in [4.69, 9.17) is 11.6 Å². The van der Waals surface area contributed by atoms with Crippen LogP contribution >= 0.6 is 11.6 Å². The average molecular weight is 296 g/mol. The number of hydrogen-bond donors (Lipinski definition) is 2. The SMILES string of the molecule is OCC1CCCCC1CNc1cc(Cl)nc2ncnn12. The Labute approximate surface area is 122 Å². The zero-order chi connectivity index (χ0) is 13.9. The van der Waals surface area contributed by atoms with Gasteiger partial charge in [-0.1, -0.05) is 24.4 Å². The van der Waals surface area contributed by atoms with Crippen molar-refractivity contribution in [3.63, 3.8) is 0 Å². The summed E-state index contributed by atoms with van der Waals surface area (Å²) < 4.78 is 1.64. The first kappa shape index (κ1) is 13.6. The van der Waals surface area contributed by atoms with Crippen molar-refractivity contribution >= 4 is 23.2 Å². The molecule has 2 aromatic heterocycles. The second-order valence-electron chi connectivity index (χ2n) is 5.30. The van der Waals surface area contributed by atoms with E-state index in [0.29, 0.717) is 22.8 Å². The van der Waals surface area contributed by atoms with Gasteiger partial charge in [-0.25, -0.2) is 0 Å². The van der Waals surface area contributed by atoms with Crippen LogP contribution in [0.4, 0.5) is 5.82 Å². The number of aliphatic hydroxyl groups excluding tert-OH is 1. The highest BCUT2D eigenvalue weighted by molar-refractivity contribution is 6.29. The predicted molar refractivity (Wildman–Crippen MR) is 76.8 cm³/mol. The molecule has 6 nitrogen and oxygen atoms in total. The van der Waals surface area contributed by atoms with E-state index in [1.807, 2.05) is 0 Å². The van der Waals surface area contributed by atoms with Gasteiger partial charge in [0.25, 0.3) is 5.78 Å². The highest BCUT2D eigenvalue weighted by Gasteiger charge is 2.24. The van der Waals surface area contributed by atoms with Crippen LogP contribution in [0.25, 0.3) is 5.78 Å². The van der Waals surface area contributed by atoms with Crippen molar-refractivity contribution < 1.29 is 5.11 Å². The number of anilines is 1. The van der Waals surface area contributed by atoms with Crippen LogP contribution < -0.4 is 5.32 Å². The van der Waals surface area contributed by atoms with Crippen LogP contribution in [0.5, 0.6) is 0 Å².